The average Bonchev–Trinajstić information content (AvgIpc) is 3.43. The molecule has 2 aromatic carbocycles. The maximum absolute atomic E-state index is 12.5. The highest BCUT2D eigenvalue weighted by atomic mass is 35.5. The molecule has 2 aromatic heterocycles. The molecule has 3 heterocycles. The summed E-state index contributed by atoms with van der Waals surface area (Å²) >= 11 is 8.81. The van der Waals surface area contributed by atoms with E-state index in [2.05, 4.69) is 15.4 Å². The first-order valence-electron chi connectivity index (χ1n) is 9.00. The predicted octanol–water partition coefficient (Wildman–Crippen LogP) is 4.90. The predicted molar refractivity (Wildman–Crippen MR) is 118 cm³/mol. The van der Waals surface area contributed by atoms with E-state index in [4.69, 9.17) is 21.1 Å². The fourth-order valence-corrected chi connectivity index (χ4v) is 4.76. The molecule has 0 saturated heterocycles. The van der Waals surface area contributed by atoms with Gasteiger partial charge in [-0.25, -0.2) is 4.98 Å². The molecule has 0 atom stereocenters. The lowest BCUT2D eigenvalue weighted by molar-refractivity contribution is -0.113. The van der Waals surface area contributed by atoms with Gasteiger partial charge in [0.05, 0.1) is 21.7 Å². The van der Waals surface area contributed by atoms with Gasteiger partial charge >= 0.3 is 0 Å². The Hall–Kier alpha value is -2.75. The lowest BCUT2D eigenvalue weighted by atomic mass is 10.3. The molecule has 1 amide bonds. The second-order valence-electron chi connectivity index (χ2n) is 6.54. The second-order valence-corrected chi connectivity index (χ2v) is 9.04. The van der Waals surface area contributed by atoms with Crippen molar-refractivity contribution in [1.29, 1.82) is 0 Å². The van der Waals surface area contributed by atoms with Gasteiger partial charge in [-0.1, -0.05) is 22.9 Å². The molecule has 4 aromatic rings. The maximum atomic E-state index is 12.5. The molecular weight excluding hydrogens is 444 g/mol. The van der Waals surface area contributed by atoms with Crippen molar-refractivity contribution in [2.75, 3.05) is 17.9 Å². The van der Waals surface area contributed by atoms with E-state index in [0.29, 0.717) is 27.5 Å². The van der Waals surface area contributed by atoms with E-state index < -0.39 is 0 Å². The molecule has 0 fully saturated rings. The van der Waals surface area contributed by atoms with Gasteiger partial charge in [-0.2, -0.15) is 9.78 Å². The number of amides is 1. The number of carbonyl (C=O) groups excluding carboxylic acids is 1. The molecule has 10 heteroatoms. The number of rotatable bonds is 5. The smallest absolute Gasteiger partial charge is 0.235 e. The van der Waals surface area contributed by atoms with E-state index in [-0.39, 0.29) is 18.5 Å². The number of thiazole rings is 1. The molecule has 0 bridgehead atoms. The lowest BCUT2D eigenvalue weighted by Gasteiger charge is -2.06. The Morgan fingerprint density at radius 1 is 1.23 bits per heavy atom. The minimum absolute atomic E-state index is 0.127. The van der Waals surface area contributed by atoms with E-state index in [1.165, 1.54) is 23.1 Å². The number of nitrogens with one attached hydrogen (secondary N) is 1. The number of ether oxygens (including phenoxy) is 2. The minimum atomic E-state index is -0.127. The molecule has 0 unspecified atom stereocenters. The van der Waals surface area contributed by atoms with Crippen LogP contribution in [0.15, 0.2) is 47.4 Å². The van der Waals surface area contributed by atoms with Crippen LogP contribution in [-0.4, -0.2) is 33.2 Å². The van der Waals surface area contributed by atoms with E-state index >= 15 is 0 Å². The lowest BCUT2D eigenvalue weighted by Crippen LogP contribution is -2.16. The van der Waals surface area contributed by atoms with Crippen LogP contribution in [0.1, 0.15) is 5.69 Å². The van der Waals surface area contributed by atoms with Crippen LogP contribution in [0.4, 0.5) is 5.82 Å². The topological polar surface area (TPSA) is 78.3 Å². The molecule has 1 N–H and O–H groups in total. The Bertz CT molecular complexity index is 1210. The summed E-state index contributed by atoms with van der Waals surface area (Å²) in [5, 5.41) is 8.76. The number of fused-ring (bicyclic) bond motifs is 2. The van der Waals surface area contributed by atoms with Crippen LogP contribution in [-0.2, 0) is 4.79 Å². The fraction of sp³-hybridized carbons (Fsp3) is 0.150. The van der Waals surface area contributed by atoms with Gasteiger partial charge in [0, 0.05) is 28.1 Å². The standard InChI is InChI=1S/C20H15ClN4O3S2/c1-11-6-18(23-19(26)9-29-13-4-2-12(21)3-5-13)25(24-11)20-22-14-7-15-16(28-10-27-15)8-17(14)30-20/h2-8H,9-10H2,1H3,(H,23,26). The van der Waals surface area contributed by atoms with Crippen molar-refractivity contribution in [1.82, 2.24) is 14.8 Å². The summed E-state index contributed by atoms with van der Waals surface area (Å²) in [7, 11) is 0. The Morgan fingerprint density at radius 3 is 2.80 bits per heavy atom. The Kier molecular flexibility index (Phi) is 5.01. The van der Waals surface area contributed by atoms with Crippen LogP contribution >= 0.6 is 34.7 Å². The Labute approximate surface area is 185 Å². The van der Waals surface area contributed by atoms with Crippen molar-refractivity contribution in [3.8, 4) is 16.6 Å². The third kappa shape index (κ3) is 3.83. The zero-order valence-electron chi connectivity index (χ0n) is 15.7. The Balaban J connectivity index is 1.35. The highest BCUT2D eigenvalue weighted by molar-refractivity contribution is 8.00. The number of halogens is 1. The maximum Gasteiger partial charge on any atom is 0.235 e. The largest absolute Gasteiger partial charge is 0.454 e. The summed E-state index contributed by atoms with van der Waals surface area (Å²) in [6, 6.07) is 13.0. The molecule has 30 heavy (non-hydrogen) atoms. The van der Waals surface area contributed by atoms with Crippen LogP contribution in [0.5, 0.6) is 11.5 Å². The van der Waals surface area contributed by atoms with Crippen molar-refractivity contribution >= 4 is 56.6 Å². The highest BCUT2D eigenvalue weighted by Gasteiger charge is 2.19. The van der Waals surface area contributed by atoms with Gasteiger partial charge in [-0.05, 0) is 31.2 Å². The third-order valence-electron chi connectivity index (χ3n) is 4.34. The van der Waals surface area contributed by atoms with Crippen LogP contribution in [0, 0.1) is 6.92 Å². The van der Waals surface area contributed by atoms with Crippen LogP contribution in [0.25, 0.3) is 15.3 Å². The first-order chi connectivity index (χ1) is 14.5. The van der Waals surface area contributed by atoms with Crippen LogP contribution < -0.4 is 14.8 Å². The molecule has 152 valence electrons. The van der Waals surface area contributed by atoms with Gasteiger partial charge in [0.1, 0.15) is 5.82 Å². The van der Waals surface area contributed by atoms with Gasteiger partial charge in [-0.3, -0.25) is 4.79 Å². The number of aryl methyl sites for hydroxylation is 1. The molecule has 0 saturated carbocycles. The van der Waals surface area contributed by atoms with Gasteiger partial charge < -0.3 is 14.8 Å². The van der Waals surface area contributed by atoms with E-state index in [1.807, 2.05) is 37.3 Å². The molecule has 0 radical (unpaired) electrons. The third-order valence-corrected chi connectivity index (χ3v) is 6.59. The average molecular weight is 459 g/mol. The number of aromatic nitrogens is 3. The molecule has 1 aliphatic rings. The molecule has 7 nitrogen and oxygen atoms in total. The van der Waals surface area contributed by atoms with E-state index in [9.17, 15) is 4.79 Å². The van der Waals surface area contributed by atoms with Gasteiger partial charge in [0.15, 0.2) is 11.5 Å². The van der Waals surface area contributed by atoms with E-state index in [1.54, 1.807) is 16.8 Å². The van der Waals surface area contributed by atoms with Crippen molar-refractivity contribution in [3.63, 3.8) is 0 Å². The number of anilines is 1. The first-order valence-corrected chi connectivity index (χ1v) is 11.2. The van der Waals surface area contributed by atoms with Gasteiger partial charge in [0.25, 0.3) is 0 Å². The van der Waals surface area contributed by atoms with Crippen molar-refractivity contribution in [2.45, 2.75) is 11.8 Å². The highest BCUT2D eigenvalue weighted by Crippen LogP contribution is 2.39. The zero-order valence-corrected chi connectivity index (χ0v) is 18.1. The first kappa shape index (κ1) is 19.2. The SMILES string of the molecule is Cc1cc(NC(=O)CSc2ccc(Cl)cc2)n(-c2nc3cc4c(cc3s2)OCO4)n1. The quantitative estimate of drug-likeness (QED) is 0.428. The summed E-state index contributed by atoms with van der Waals surface area (Å²) in [4.78, 5) is 18.1. The monoisotopic (exact) mass is 458 g/mol. The minimum Gasteiger partial charge on any atom is -0.454 e. The number of benzene rings is 2. The molecular formula is C20H15ClN4O3S2. The molecule has 0 spiro atoms. The van der Waals surface area contributed by atoms with Crippen molar-refractivity contribution < 1.29 is 14.3 Å². The summed E-state index contributed by atoms with van der Waals surface area (Å²) in [6.07, 6.45) is 0. The number of thioether (sulfide) groups is 1. The number of hydrogen-bond acceptors (Lipinski definition) is 7. The van der Waals surface area contributed by atoms with Gasteiger partial charge in [-0.15, -0.1) is 11.8 Å². The van der Waals surface area contributed by atoms with Crippen molar-refractivity contribution in [2.24, 2.45) is 0 Å². The number of hydrogen-bond donors (Lipinski definition) is 1. The molecule has 1 aliphatic heterocycles. The zero-order chi connectivity index (χ0) is 20.7. The summed E-state index contributed by atoms with van der Waals surface area (Å²) < 4.78 is 13.5. The van der Waals surface area contributed by atoms with Gasteiger partial charge in [0.2, 0.25) is 17.8 Å². The fourth-order valence-electron chi connectivity index (χ4n) is 2.99. The van der Waals surface area contributed by atoms with Crippen LogP contribution in [0.3, 0.4) is 0 Å². The summed E-state index contributed by atoms with van der Waals surface area (Å²) in [5.74, 6) is 2.12. The normalized spacial score (nSPS) is 12.5. The second kappa shape index (κ2) is 7.82. The number of nitrogens with zero attached hydrogens (tertiary/aromatic N) is 3. The Morgan fingerprint density at radius 2 is 2.00 bits per heavy atom. The summed E-state index contributed by atoms with van der Waals surface area (Å²) in [6.45, 7) is 2.10. The van der Waals surface area contributed by atoms with Crippen LogP contribution in [0.2, 0.25) is 5.02 Å². The van der Waals surface area contributed by atoms with E-state index in [0.717, 1.165) is 20.8 Å². The van der Waals surface area contributed by atoms with Crippen molar-refractivity contribution in [3.05, 3.63) is 53.2 Å². The number of carbonyl (C=O) groups is 1. The summed E-state index contributed by atoms with van der Waals surface area (Å²) in [5.41, 5.74) is 1.58. The molecule has 0 aliphatic carbocycles. The molecule has 5 rings (SSSR count).